The zero-order chi connectivity index (χ0) is 24.0. The number of carbonyl (C=O) groups is 1. The lowest BCUT2D eigenvalue weighted by molar-refractivity contribution is -0.120. The quantitative estimate of drug-likeness (QED) is 0.493. The van der Waals surface area contributed by atoms with Crippen LogP contribution in [0.25, 0.3) is 0 Å². The molecule has 174 valence electrons. The lowest BCUT2D eigenvalue weighted by Crippen LogP contribution is -2.42. The summed E-state index contributed by atoms with van der Waals surface area (Å²) in [5.74, 6) is 0.398. The van der Waals surface area contributed by atoms with Crippen LogP contribution >= 0.6 is 0 Å². The molecule has 0 aromatic heterocycles. The molecule has 3 aromatic rings. The van der Waals surface area contributed by atoms with E-state index in [2.05, 4.69) is 5.32 Å². The van der Waals surface area contributed by atoms with E-state index in [0.717, 1.165) is 26.7 Å². The molecule has 33 heavy (non-hydrogen) atoms. The van der Waals surface area contributed by atoms with Crippen molar-refractivity contribution in [3.8, 4) is 5.75 Å². The third kappa shape index (κ3) is 5.73. The Kier molecular flexibility index (Phi) is 7.76. The third-order valence-electron chi connectivity index (χ3n) is 5.51. The summed E-state index contributed by atoms with van der Waals surface area (Å²) in [7, 11) is -2.31. The molecule has 0 heterocycles. The number of nitrogens with zero attached hydrogens (tertiary/aromatic N) is 1. The first-order valence-electron chi connectivity index (χ1n) is 10.8. The van der Waals surface area contributed by atoms with Crippen molar-refractivity contribution in [2.24, 2.45) is 0 Å². The van der Waals surface area contributed by atoms with Gasteiger partial charge in [0.15, 0.2) is 0 Å². The standard InChI is InChI=1S/C26H30N2O4S/c1-5-24(21-13-16-25(32-4)20(3)17-21)27-26(29)18-28(22-14-11-19(2)12-15-22)33(30,31)23-9-7-6-8-10-23/h6-17,24H,5,18H2,1-4H3,(H,27,29)/t24-/m0/s1. The summed E-state index contributed by atoms with van der Waals surface area (Å²) in [5, 5.41) is 3.00. The highest BCUT2D eigenvalue weighted by Crippen LogP contribution is 2.26. The van der Waals surface area contributed by atoms with Gasteiger partial charge >= 0.3 is 0 Å². The molecule has 0 radical (unpaired) electrons. The molecule has 0 bridgehead atoms. The van der Waals surface area contributed by atoms with E-state index in [9.17, 15) is 13.2 Å². The van der Waals surface area contributed by atoms with Crippen molar-refractivity contribution in [3.05, 3.63) is 89.5 Å². The minimum Gasteiger partial charge on any atom is -0.496 e. The molecule has 0 aliphatic rings. The van der Waals surface area contributed by atoms with Crippen molar-refractivity contribution >= 4 is 21.6 Å². The van der Waals surface area contributed by atoms with Crippen molar-refractivity contribution in [1.29, 1.82) is 0 Å². The van der Waals surface area contributed by atoms with E-state index in [1.165, 1.54) is 12.1 Å². The van der Waals surface area contributed by atoms with Gasteiger partial charge in [-0.2, -0.15) is 0 Å². The molecule has 1 N–H and O–H groups in total. The monoisotopic (exact) mass is 466 g/mol. The van der Waals surface area contributed by atoms with Gasteiger partial charge in [-0.1, -0.05) is 55.0 Å². The van der Waals surface area contributed by atoms with Gasteiger partial charge in [-0.15, -0.1) is 0 Å². The molecule has 0 aliphatic heterocycles. The van der Waals surface area contributed by atoms with E-state index in [0.29, 0.717) is 12.1 Å². The molecule has 3 rings (SSSR count). The molecular formula is C26H30N2O4S. The maximum atomic E-state index is 13.4. The lowest BCUT2D eigenvalue weighted by Gasteiger charge is -2.26. The van der Waals surface area contributed by atoms with E-state index in [-0.39, 0.29) is 23.4 Å². The van der Waals surface area contributed by atoms with E-state index >= 15 is 0 Å². The number of hydrogen-bond acceptors (Lipinski definition) is 4. The van der Waals surface area contributed by atoms with E-state index in [4.69, 9.17) is 4.74 Å². The minimum absolute atomic E-state index is 0.135. The van der Waals surface area contributed by atoms with Crippen LogP contribution in [-0.2, 0) is 14.8 Å². The molecule has 1 atom stereocenters. The highest BCUT2D eigenvalue weighted by molar-refractivity contribution is 7.92. The molecule has 6 nitrogen and oxygen atoms in total. The Morgan fingerprint density at radius 1 is 1.00 bits per heavy atom. The lowest BCUT2D eigenvalue weighted by atomic mass is 10.0. The second-order valence-electron chi connectivity index (χ2n) is 7.92. The highest BCUT2D eigenvalue weighted by atomic mass is 32.2. The molecule has 0 saturated heterocycles. The van der Waals surface area contributed by atoms with Crippen LogP contribution in [0.15, 0.2) is 77.7 Å². The van der Waals surface area contributed by atoms with Gasteiger partial charge in [-0.3, -0.25) is 9.10 Å². The maximum absolute atomic E-state index is 13.4. The summed E-state index contributed by atoms with van der Waals surface area (Å²) in [6, 6.07) is 20.8. The predicted octanol–water partition coefficient (Wildman–Crippen LogP) is 4.77. The van der Waals surface area contributed by atoms with E-state index < -0.39 is 10.0 Å². The molecule has 0 fully saturated rings. The average molecular weight is 467 g/mol. The number of ether oxygens (including phenoxy) is 1. The van der Waals surface area contributed by atoms with Crippen molar-refractivity contribution in [3.63, 3.8) is 0 Å². The Hall–Kier alpha value is -3.32. The summed E-state index contributed by atoms with van der Waals surface area (Å²) >= 11 is 0. The second-order valence-corrected chi connectivity index (χ2v) is 9.78. The third-order valence-corrected chi connectivity index (χ3v) is 7.29. The largest absolute Gasteiger partial charge is 0.496 e. The Bertz CT molecular complexity index is 1190. The number of sulfonamides is 1. The molecule has 1 amide bonds. The van der Waals surface area contributed by atoms with Crippen LogP contribution in [0, 0.1) is 13.8 Å². The molecule has 0 aliphatic carbocycles. The van der Waals surface area contributed by atoms with Crippen LogP contribution in [0.3, 0.4) is 0 Å². The number of benzene rings is 3. The Labute approximate surface area is 196 Å². The highest BCUT2D eigenvalue weighted by Gasteiger charge is 2.28. The number of rotatable bonds is 9. The van der Waals surface area contributed by atoms with Gasteiger partial charge in [0.2, 0.25) is 5.91 Å². The number of carbonyl (C=O) groups excluding carboxylic acids is 1. The van der Waals surface area contributed by atoms with Crippen LogP contribution < -0.4 is 14.4 Å². The van der Waals surface area contributed by atoms with Crippen LogP contribution in [0.1, 0.15) is 36.1 Å². The van der Waals surface area contributed by atoms with Crippen molar-refractivity contribution in [1.82, 2.24) is 5.32 Å². The average Bonchev–Trinajstić information content (AvgIpc) is 2.82. The Morgan fingerprint density at radius 3 is 2.24 bits per heavy atom. The minimum atomic E-state index is -3.93. The molecule has 0 spiro atoms. The number of hydrogen-bond donors (Lipinski definition) is 1. The summed E-state index contributed by atoms with van der Waals surface area (Å²) < 4.78 is 33.3. The number of amides is 1. The normalized spacial score (nSPS) is 12.1. The fourth-order valence-corrected chi connectivity index (χ4v) is 5.10. The van der Waals surface area contributed by atoms with Gasteiger partial charge in [-0.25, -0.2) is 8.42 Å². The van der Waals surface area contributed by atoms with Crippen LogP contribution in [0.2, 0.25) is 0 Å². The van der Waals surface area contributed by atoms with Crippen LogP contribution in [0.5, 0.6) is 5.75 Å². The summed E-state index contributed by atoms with van der Waals surface area (Å²) in [6.45, 7) is 5.52. The van der Waals surface area contributed by atoms with Crippen LogP contribution in [-0.4, -0.2) is 28.0 Å². The molecule has 0 unspecified atom stereocenters. The van der Waals surface area contributed by atoms with Crippen molar-refractivity contribution in [2.75, 3.05) is 18.0 Å². The Morgan fingerprint density at radius 2 is 1.67 bits per heavy atom. The number of anilines is 1. The van der Waals surface area contributed by atoms with Gasteiger partial charge in [-0.05, 0) is 61.7 Å². The molecule has 3 aromatic carbocycles. The van der Waals surface area contributed by atoms with Crippen molar-refractivity contribution in [2.45, 2.75) is 38.1 Å². The topological polar surface area (TPSA) is 75.7 Å². The summed E-state index contributed by atoms with van der Waals surface area (Å²) in [6.07, 6.45) is 0.660. The number of aryl methyl sites for hydroxylation is 2. The fourth-order valence-electron chi connectivity index (χ4n) is 3.66. The predicted molar refractivity (Wildman–Crippen MR) is 131 cm³/mol. The first-order valence-corrected chi connectivity index (χ1v) is 12.3. The van der Waals surface area contributed by atoms with Crippen molar-refractivity contribution < 1.29 is 17.9 Å². The van der Waals surface area contributed by atoms with Crippen LogP contribution in [0.4, 0.5) is 5.69 Å². The first-order chi connectivity index (χ1) is 15.8. The van der Waals surface area contributed by atoms with Gasteiger partial charge in [0.25, 0.3) is 10.0 Å². The van der Waals surface area contributed by atoms with Gasteiger partial charge < -0.3 is 10.1 Å². The van der Waals surface area contributed by atoms with E-state index in [1.807, 2.05) is 51.1 Å². The maximum Gasteiger partial charge on any atom is 0.264 e. The number of methoxy groups -OCH3 is 1. The zero-order valence-electron chi connectivity index (χ0n) is 19.4. The van der Waals surface area contributed by atoms with Gasteiger partial charge in [0, 0.05) is 0 Å². The molecule has 0 saturated carbocycles. The SMILES string of the molecule is CC[C@H](NC(=O)CN(c1ccc(C)cc1)S(=O)(=O)c1ccccc1)c1ccc(OC)c(C)c1. The molecule has 7 heteroatoms. The summed E-state index contributed by atoms with van der Waals surface area (Å²) in [5.41, 5.74) is 3.35. The first kappa shape index (κ1) is 24.3. The summed E-state index contributed by atoms with van der Waals surface area (Å²) in [4.78, 5) is 13.2. The smallest absolute Gasteiger partial charge is 0.264 e. The molecular weight excluding hydrogens is 436 g/mol. The van der Waals surface area contributed by atoms with Gasteiger partial charge in [0.1, 0.15) is 12.3 Å². The number of nitrogens with one attached hydrogen (secondary N) is 1. The fraction of sp³-hybridized carbons (Fsp3) is 0.269. The zero-order valence-corrected chi connectivity index (χ0v) is 20.2. The van der Waals surface area contributed by atoms with E-state index in [1.54, 1.807) is 37.4 Å². The van der Waals surface area contributed by atoms with Gasteiger partial charge in [0.05, 0.1) is 23.7 Å². The second kappa shape index (κ2) is 10.5. The Balaban J connectivity index is 1.88.